The van der Waals surface area contributed by atoms with Gasteiger partial charge in [0.25, 0.3) is 0 Å². The third-order valence-electron chi connectivity index (χ3n) is 3.28. The maximum Gasteiger partial charge on any atom is 0.406 e. The Kier molecular flexibility index (Phi) is 3.84. The Balaban J connectivity index is 1.94. The minimum absolute atomic E-state index is 0.0361. The number of rotatable bonds is 4. The first kappa shape index (κ1) is 14.8. The lowest BCUT2D eigenvalue weighted by Gasteiger charge is -2.09. The molecule has 0 amide bonds. The van der Waals surface area contributed by atoms with Crippen molar-refractivity contribution in [3.05, 3.63) is 69.8 Å². The van der Waals surface area contributed by atoms with Crippen LogP contribution in [0.15, 0.2) is 42.6 Å². The molecule has 0 saturated carbocycles. The van der Waals surface area contributed by atoms with Crippen molar-refractivity contribution in [2.75, 3.05) is 0 Å². The molecule has 0 aliphatic heterocycles. The summed E-state index contributed by atoms with van der Waals surface area (Å²) in [4.78, 5) is 18.5. The highest BCUT2D eigenvalue weighted by molar-refractivity contribution is 5.81. The van der Waals surface area contributed by atoms with Gasteiger partial charge in [0.05, 0.1) is 5.52 Å². The number of aryl methyl sites for hydroxylation is 1. The molecule has 0 unspecified atom stereocenters. The number of nitrogens with zero attached hydrogens (tertiary/aromatic N) is 3. The lowest BCUT2D eigenvalue weighted by molar-refractivity contribution is -0.390. The molecule has 0 spiro atoms. The van der Waals surface area contributed by atoms with Gasteiger partial charge in [0.2, 0.25) is 5.75 Å². The smallest absolute Gasteiger partial charge is 0.406 e. The second-order valence-corrected chi connectivity index (χ2v) is 4.96. The molecule has 0 bridgehead atoms. The van der Waals surface area contributed by atoms with Gasteiger partial charge in [-0.2, -0.15) is 0 Å². The van der Waals surface area contributed by atoms with Crippen LogP contribution in [-0.4, -0.2) is 14.9 Å². The molecule has 0 aliphatic carbocycles. The summed E-state index contributed by atoms with van der Waals surface area (Å²) in [5.41, 5.74) is 1.62. The molecule has 3 rings (SSSR count). The molecule has 3 aromatic rings. The second kappa shape index (κ2) is 5.96. The molecule has 2 heterocycles. The van der Waals surface area contributed by atoms with E-state index in [2.05, 4.69) is 9.97 Å². The Hall–Kier alpha value is -3.09. The van der Waals surface area contributed by atoms with Crippen LogP contribution in [0.25, 0.3) is 10.9 Å². The maximum absolute atomic E-state index is 13.7. The van der Waals surface area contributed by atoms with E-state index in [1.165, 1.54) is 18.2 Å². The molecule has 0 aliphatic rings. The number of pyridine rings is 2. The van der Waals surface area contributed by atoms with E-state index in [1.807, 2.05) is 0 Å². The van der Waals surface area contributed by atoms with E-state index in [0.717, 1.165) is 0 Å². The normalized spacial score (nSPS) is 10.7. The minimum Gasteiger partial charge on any atom is -0.481 e. The average molecular weight is 313 g/mol. The van der Waals surface area contributed by atoms with E-state index < -0.39 is 10.7 Å². The summed E-state index contributed by atoms with van der Waals surface area (Å²) in [5, 5.41) is 11.7. The van der Waals surface area contributed by atoms with E-state index >= 15 is 0 Å². The highest BCUT2D eigenvalue weighted by Crippen LogP contribution is 2.26. The molecule has 7 heteroatoms. The first-order chi connectivity index (χ1) is 11.0. The topological polar surface area (TPSA) is 78.2 Å². The number of aromatic nitrogens is 2. The van der Waals surface area contributed by atoms with Crippen LogP contribution in [0.4, 0.5) is 10.2 Å². The van der Waals surface area contributed by atoms with Crippen molar-refractivity contribution < 1.29 is 14.1 Å². The molecule has 0 N–H and O–H groups in total. The van der Waals surface area contributed by atoms with Crippen molar-refractivity contribution in [2.24, 2.45) is 0 Å². The van der Waals surface area contributed by atoms with Crippen molar-refractivity contribution in [3.8, 4) is 5.75 Å². The molecular formula is C16H12FN3O3. The summed E-state index contributed by atoms with van der Waals surface area (Å²) in [6, 6.07) is 9.23. The molecule has 1 aromatic carbocycles. The Morgan fingerprint density at radius 1 is 1.30 bits per heavy atom. The number of fused-ring (bicyclic) bond motifs is 1. The summed E-state index contributed by atoms with van der Waals surface area (Å²) >= 11 is 0. The molecule has 0 fully saturated rings. The molecule has 0 saturated heterocycles. The molecule has 6 nitrogen and oxygen atoms in total. The van der Waals surface area contributed by atoms with E-state index in [4.69, 9.17) is 4.74 Å². The fraction of sp³-hybridized carbons (Fsp3) is 0.125. The van der Waals surface area contributed by atoms with Crippen LogP contribution >= 0.6 is 0 Å². The standard InChI is InChI=1S/C16H12FN3O3/c1-10-4-5-14(16(19-10)20(21)22)23-9-12-8-13(17)7-11-3-2-6-18-15(11)12/h2-8H,9H2,1H3. The van der Waals surface area contributed by atoms with Crippen LogP contribution in [-0.2, 0) is 6.61 Å². The number of hydrogen-bond donors (Lipinski definition) is 0. The van der Waals surface area contributed by atoms with Gasteiger partial charge >= 0.3 is 5.82 Å². The van der Waals surface area contributed by atoms with Crippen molar-refractivity contribution in [1.82, 2.24) is 9.97 Å². The first-order valence-corrected chi connectivity index (χ1v) is 6.82. The number of hydrogen-bond acceptors (Lipinski definition) is 5. The van der Waals surface area contributed by atoms with Gasteiger partial charge in [0.1, 0.15) is 18.1 Å². The van der Waals surface area contributed by atoms with Crippen LogP contribution < -0.4 is 4.74 Å². The van der Waals surface area contributed by atoms with Gasteiger partial charge in [-0.1, -0.05) is 6.07 Å². The zero-order valence-corrected chi connectivity index (χ0v) is 12.2. The van der Waals surface area contributed by atoms with Crippen molar-refractivity contribution in [1.29, 1.82) is 0 Å². The molecule has 23 heavy (non-hydrogen) atoms. The van der Waals surface area contributed by atoms with Crippen LogP contribution in [0.2, 0.25) is 0 Å². The predicted molar refractivity (Wildman–Crippen MR) is 81.7 cm³/mol. The van der Waals surface area contributed by atoms with Gasteiger partial charge < -0.3 is 14.9 Å². The summed E-state index contributed by atoms with van der Waals surface area (Å²) in [6.45, 7) is 1.61. The largest absolute Gasteiger partial charge is 0.481 e. The van der Waals surface area contributed by atoms with E-state index in [1.54, 1.807) is 31.3 Å². The summed E-state index contributed by atoms with van der Waals surface area (Å²) in [6.07, 6.45) is 1.60. The predicted octanol–water partition coefficient (Wildman–Crippen LogP) is 3.56. The third-order valence-corrected chi connectivity index (χ3v) is 3.28. The minimum atomic E-state index is -0.607. The molecule has 0 atom stereocenters. The highest BCUT2D eigenvalue weighted by Gasteiger charge is 2.18. The van der Waals surface area contributed by atoms with E-state index in [0.29, 0.717) is 22.2 Å². The van der Waals surface area contributed by atoms with Crippen molar-refractivity contribution in [2.45, 2.75) is 13.5 Å². The van der Waals surface area contributed by atoms with Crippen LogP contribution in [0.5, 0.6) is 5.75 Å². The van der Waals surface area contributed by atoms with Crippen molar-refractivity contribution >= 4 is 16.7 Å². The zero-order valence-electron chi connectivity index (χ0n) is 12.2. The molecule has 2 aromatic heterocycles. The van der Waals surface area contributed by atoms with Gasteiger partial charge in [0, 0.05) is 24.1 Å². The molecule has 116 valence electrons. The SMILES string of the molecule is Cc1ccc(OCc2cc(F)cc3cccnc23)c([N+](=O)[O-])n1. The Labute approximate surface area is 130 Å². The van der Waals surface area contributed by atoms with Crippen LogP contribution in [0, 0.1) is 22.9 Å². The number of benzene rings is 1. The van der Waals surface area contributed by atoms with Gasteiger partial charge in [-0.3, -0.25) is 4.98 Å². The number of ether oxygens (including phenoxy) is 1. The maximum atomic E-state index is 13.7. The Morgan fingerprint density at radius 3 is 2.91 bits per heavy atom. The number of halogens is 1. The number of nitro groups is 1. The van der Waals surface area contributed by atoms with Gasteiger partial charge in [0.15, 0.2) is 0 Å². The first-order valence-electron chi connectivity index (χ1n) is 6.82. The lowest BCUT2D eigenvalue weighted by Crippen LogP contribution is -2.03. The van der Waals surface area contributed by atoms with Gasteiger partial charge in [-0.15, -0.1) is 0 Å². The summed E-state index contributed by atoms with van der Waals surface area (Å²) in [5.74, 6) is -0.742. The fourth-order valence-corrected chi connectivity index (χ4v) is 2.27. The van der Waals surface area contributed by atoms with E-state index in [9.17, 15) is 14.5 Å². The Bertz CT molecular complexity index is 899. The van der Waals surface area contributed by atoms with Crippen molar-refractivity contribution in [3.63, 3.8) is 0 Å². The van der Waals surface area contributed by atoms with Crippen LogP contribution in [0.1, 0.15) is 11.3 Å². The summed E-state index contributed by atoms with van der Waals surface area (Å²) in [7, 11) is 0. The van der Waals surface area contributed by atoms with Gasteiger partial charge in [-0.05, 0) is 40.2 Å². The van der Waals surface area contributed by atoms with E-state index in [-0.39, 0.29) is 18.2 Å². The molecular weight excluding hydrogens is 301 g/mol. The quantitative estimate of drug-likeness (QED) is 0.543. The molecule has 0 radical (unpaired) electrons. The lowest BCUT2D eigenvalue weighted by atomic mass is 10.1. The van der Waals surface area contributed by atoms with Gasteiger partial charge in [-0.25, -0.2) is 4.39 Å². The van der Waals surface area contributed by atoms with Crippen LogP contribution in [0.3, 0.4) is 0 Å². The highest BCUT2D eigenvalue weighted by atomic mass is 19.1. The Morgan fingerprint density at radius 2 is 2.13 bits per heavy atom. The second-order valence-electron chi connectivity index (χ2n) is 4.96. The monoisotopic (exact) mass is 313 g/mol. The zero-order chi connectivity index (χ0) is 16.4. The summed E-state index contributed by atoms with van der Waals surface area (Å²) < 4.78 is 19.2. The third kappa shape index (κ3) is 3.08. The fourth-order valence-electron chi connectivity index (χ4n) is 2.27. The average Bonchev–Trinajstić information content (AvgIpc) is 2.53.